The molecule has 0 radical (unpaired) electrons. The van der Waals surface area contributed by atoms with Crippen molar-refractivity contribution < 1.29 is 30.0 Å². The molecule has 6 nitrogen and oxygen atoms in total. The molecule has 0 spiro atoms. The lowest BCUT2D eigenvalue weighted by Crippen LogP contribution is -1.95. The Morgan fingerprint density at radius 3 is 1.04 bits per heavy atom. The van der Waals surface area contributed by atoms with Crippen molar-refractivity contribution in [3.8, 4) is 11.5 Å². The monoisotopic (exact) mass is 352 g/mol. The van der Waals surface area contributed by atoms with E-state index in [-0.39, 0.29) is 30.1 Å². The molecular formula is C19H28O6. The van der Waals surface area contributed by atoms with Gasteiger partial charge >= 0.3 is 11.9 Å². The number of para-hydroxylation sites is 2. The van der Waals surface area contributed by atoms with Crippen molar-refractivity contribution in [2.75, 3.05) is 0 Å². The first-order chi connectivity index (χ1) is 11.4. The molecule has 0 aliphatic heterocycles. The standard InChI is InChI=1S/2C7H6O3.2C2H6.CH4/c2*8-6-4-2-1-3-5(6)7(9)10;2*1-2;/h2*1-4,8H,(H,9,10);2*1-2H3;1H4. The number of carbonyl (C=O) groups is 2. The highest BCUT2D eigenvalue weighted by atomic mass is 16.4. The Morgan fingerprint density at radius 1 is 0.640 bits per heavy atom. The van der Waals surface area contributed by atoms with E-state index in [1.54, 1.807) is 24.3 Å². The molecule has 4 N–H and O–H groups in total. The number of carboxylic acid groups (broad SMARTS) is 2. The van der Waals surface area contributed by atoms with Gasteiger partial charge in [0.1, 0.15) is 22.6 Å². The third kappa shape index (κ3) is 10.4. The summed E-state index contributed by atoms with van der Waals surface area (Å²) >= 11 is 0. The molecule has 2 aromatic carbocycles. The fraction of sp³-hybridized carbons (Fsp3) is 0.263. The van der Waals surface area contributed by atoms with Crippen LogP contribution in [0.3, 0.4) is 0 Å². The molecule has 0 aliphatic rings. The molecule has 0 aliphatic carbocycles. The van der Waals surface area contributed by atoms with Crippen LogP contribution in [0.4, 0.5) is 0 Å². The molecule has 2 aromatic rings. The van der Waals surface area contributed by atoms with E-state index >= 15 is 0 Å². The molecule has 2 rings (SSSR count). The van der Waals surface area contributed by atoms with Gasteiger partial charge < -0.3 is 20.4 Å². The van der Waals surface area contributed by atoms with Crippen LogP contribution in [0, 0.1) is 0 Å². The Morgan fingerprint density at radius 2 is 0.880 bits per heavy atom. The summed E-state index contributed by atoms with van der Waals surface area (Å²) in [6.45, 7) is 8.00. The van der Waals surface area contributed by atoms with Gasteiger partial charge in [-0.05, 0) is 24.3 Å². The molecule has 0 fully saturated rings. The Bertz CT molecular complexity index is 567. The van der Waals surface area contributed by atoms with Gasteiger partial charge in [0.25, 0.3) is 0 Å². The zero-order chi connectivity index (χ0) is 19.1. The van der Waals surface area contributed by atoms with Gasteiger partial charge in [0.2, 0.25) is 0 Å². The Hall–Kier alpha value is -3.02. The first-order valence-electron chi connectivity index (χ1n) is 7.46. The van der Waals surface area contributed by atoms with Crippen molar-refractivity contribution in [3.05, 3.63) is 59.7 Å². The molecule has 0 heterocycles. The topological polar surface area (TPSA) is 115 Å². The summed E-state index contributed by atoms with van der Waals surface area (Å²) in [5.41, 5.74) is -0.134. The maximum absolute atomic E-state index is 10.3. The molecule has 6 heteroatoms. The van der Waals surface area contributed by atoms with Crippen LogP contribution in [0.15, 0.2) is 48.5 Å². The zero-order valence-electron chi connectivity index (χ0n) is 14.2. The van der Waals surface area contributed by atoms with Gasteiger partial charge in [0, 0.05) is 0 Å². The average molecular weight is 352 g/mol. The van der Waals surface area contributed by atoms with Gasteiger partial charge in [-0.1, -0.05) is 59.4 Å². The molecule has 140 valence electrons. The van der Waals surface area contributed by atoms with Gasteiger partial charge in [0.15, 0.2) is 0 Å². The van der Waals surface area contributed by atoms with Crippen molar-refractivity contribution in [2.24, 2.45) is 0 Å². The minimum absolute atomic E-state index is 0. The lowest BCUT2D eigenvalue weighted by Gasteiger charge is -1.95. The fourth-order valence-electron chi connectivity index (χ4n) is 1.31. The summed E-state index contributed by atoms with van der Waals surface area (Å²) in [5.74, 6) is -2.62. The molecule has 0 amide bonds. The van der Waals surface area contributed by atoms with Crippen LogP contribution in [0.1, 0.15) is 55.8 Å². The molecule has 25 heavy (non-hydrogen) atoms. The highest BCUT2D eigenvalue weighted by Crippen LogP contribution is 2.15. The molecule has 0 saturated carbocycles. The van der Waals surface area contributed by atoms with E-state index < -0.39 is 11.9 Å². The van der Waals surface area contributed by atoms with E-state index in [9.17, 15) is 9.59 Å². The molecule has 0 atom stereocenters. The molecule has 0 unspecified atom stereocenters. The lowest BCUT2D eigenvalue weighted by molar-refractivity contribution is 0.0682. The highest BCUT2D eigenvalue weighted by molar-refractivity contribution is 5.91. The predicted molar refractivity (Wildman–Crippen MR) is 99.6 cm³/mol. The van der Waals surface area contributed by atoms with Gasteiger partial charge in [0.05, 0.1) is 0 Å². The summed E-state index contributed by atoms with van der Waals surface area (Å²) in [7, 11) is 0. The maximum atomic E-state index is 10.3. The molecule has 0 aromatic heterocycles. The van der Waals surface area contributed by atoms with Crippen LogP contribution in [0.25, 0.3) is 0 Å². The number of carboxylic acids is 2. The van der Waals surface area contributed by atoms with Crippen molar-refractivity contribution in [1.82, 2.24) is 0 Å². The van der Waals surface area contributed by atoms with Gasteiger partial charge in [-0.15, -0.1) is 0 Å². The van der Waals surface area contributed by atoms with E-state index in [1.807, 2.05) is 27.7 Å². The predicted octanol–water partition coefficient (Wildman–Crippen LogP) is 4.87. The number of hydrogen-bond donors (Lipinski definition) is 4. The second-order valence-corrected chi connectivity index (χ2v) is 3.64. The summed E-state index contributed by atoms with van der Waals surface area (Å²) in [6.07, 6.45) is 0. The van der Waals surface area contributed by atoms with Crippen molar-refractivity contribution in [2.45, 2.75) is 35.1 Å². The van der Waals surface area contributed by atoms with Gasteiger partial charge in [-0.2, -0.15) is 0 Å². The molecular weight excluding hydrogens is 324 g/mol. The quantitative estimate of drug-likeness (QED) is 0.613. The van der Waals surface area contributed by atoms with E-state index in [0.717, 1.165) is 0 Å². The normalized spacial score (nSPS) is 7.84. The van der Waals surface area contributed by atoms with Crippen molar-refractivity contribution >= 4 is 11.9 Å². The number of aromatic carboxylic acids is 2. The van der Waals surface area contributed by atoms with Crippen LogP contribution in [-0.2, 0) is 0 Å². The van der Waals surface area contributed by atoms with Crippen molar-refractivity contribution in [1.29, 1.82) is 0 Å². The number of aromatic hydroxyl groups is 2. The van der Waals surface area contributed by atoms with Gasteiger partial charge in [-0.3, -0.25) is 0 Å². The van der Waals surface area contributed by atoms with E-state index in [2.05, 4.69) is 0 Å². The summed E-state index contributed by atoms with van der Waals surface area (Å²) in [6, 6.07) is 11.6. The smallest absolute Gasteiger partial charge is 0.339 e. The number of benzene rings is 2. The van der Waals surface area contributed by atoms with Crippen molar-refractivity contribution in [3.63, 3.8) is 0 Å². The van der Waals surface area contributed by atoms with E-state index in [1.165, 1.54) is 24.3 Å². The number of phenols is 2. The summed E-state index contributed by atoms with van der Waals surface area (Å²) in [4.78, 5) is 20.5. The van der Waals surface area contributed by atoms with Crippen LogP contribution in [0.2, 0.25) is 0 Å². The second kappa shape index (κ2) is 15.9. The lowest BCUT2D eigenvalue weighted by atomic mass is 10.2. The minimum atomic E-state index is -1.11. The first kappa shape index (κ1) is 26.9. The Balaban J connectivity index is -0.000000312. The third-order valence-corrected chi connectivity index (χ3v) is 2.27. The summed E-state index contributed by atoms with van der Waals surface area (Å²) < 4.78 is 0. The maximum Gasteiger partial charge on any atom is 0.339 e. The van der Waals surface area contributed by atoms with E-state index in [0.29, 0.717) is 0 Å². The Kier molecular flexibility index (Phi) is 17.0. The Labute approximate surface area is 149 Å². The van der Waals surface area contributed by atoms with Gasteiger partial charge in [-0.25, -0.2) is 9.59 Å². The molecule has 0 saturated heterocycles. The largest absolute Gasteiger partial charge is 0.507 e. The first-order valence-corrected chi connectivity index (χ1v) is 7.46. The van der Waals surface area contributed by atoms with Crippen LogP contribution in [-0.4, -0.2) is 32.4 Å². The SMILES string of the molecule is C.CC.CC.O=C(O)c1ccccc1O.O=C(O)c1ccccc1O. The van der Waals surface area contributed by atoms with E-state index in [4.69, 9.17) is 20.4 Å². The second-order valence-electron chi connectivity index (χ2n) is 3.64. The summed E-state index contributed by atoms with van der Waals surface area (Å²) in [5, 5.41) is 34.6. The highest BCUT2D eigenvalue weighted by Gasteiger charge is 2.06. The molecule has 0 bridgehead atoms. The third-order valence-electron chi connectivity index (χ3n) is 2.27. The van der Waals surface area contributed by atoms with Crippen LogP contribution < -0.4 is 0 Å². The fourth-order valence-corrected chi connectivity index (χ4v) is 1.31. The zero-order valence-corrected chi connectivity index (χ0v) is 14.2. The van der Waals surface area contributed by atoms with Crippen LogP contribution >= 0.6 is 0 Å². The number of hydrogen-bond acceptors (Lipinski definition) is 4. The van der Waals surface area contributed by atoms with Crippen LogP contribution in [0.5, 0.6) is 11.5 Å². The minimum Gasteiger partial charge on any atom is -0.507 e. The number of rotatable bonds is 2. The average Bonchev–Trinajstić information content (AvgIpc) is 2.59.